The van der Waals surface area contributed by atoms with E-state index in [-0.39, 0.29) is 0 Å². The molecule has 0 aromatic heterocycles. The molecule has 0 aliphatic carbocycles. The van der Waals surface area contributed by atoms with E-state index in [1.807, 2.05) is 0 Å². The van der Waals surface area contributed by atoms with Gasteiger partial charge in [0.25, 0.3) is 0 Å². The molecule has 1 N–H and O–H groups in total. The second-order valence-corrected chi connectivity index (χ2v) is 1.97. The van der Waals surface area contributed by atoms with Crippen LogP contribution in [0.25, 0.3) is 0 Å². The van der Waals surface area contributed by atoms with E-state index in [2.05, 4.69) is 10.1 Å². The highest BCUT2D eigenvalue weighted by molar-refractivity contribution is 4.49. The third kappa shape index (κ3) is 5.76. The van der Waals surface area contributed by atoms with Crippen molar-refractivity contribution in [3.63, 3.8) is 0 Å². The average Bonchev–Trinajstić information content (AvgIpc) is 2.76. The summed E-state index contributed by atoms with van der Waals surface area (Å²) in [7, 11) is 0. The molecule has 3 nitrogen and oxygen atoms in total. The van der Waals surface area contributed by atoms with E-state index >= 15 is 0 Å². The first-order valence-corrected chi connectivity index (χ1v) is 3.36. The van der Waals surface area contributed by atoms with Gasteiger partial charge in [0.2, 0.25) is 0 Å². The summed E-state index contributed by atoms with van der Waals surface area (Å²) < 4.78 is 9.51. The van der Waals surface area contributed by atoms with Crippen LogP contribution in [-0.2, 0) is 9.47 Å². The SMILES string of the molecule is C1CO1.C1COCCN1. The molecule has 0 unspecified atom stereocenters. The summed E-state index contributed by atoms with van der Waals surface area (Å²) in [6.45, 7) is 5.83. The number of rotatable bonds is 0. The topological polar surface area (TPSA) is 33.8 Å². The van der Waals surface area contributed by atoms with Gasteiger partial charge in [0.1, 0.15) is 0 Å². The summed E-state index contributed by atoms with van der Waals surface area (Å²) in [5.41, 5.74) is 0. The van der Waals surface area contributed by atoms with Crippen molar-refractivity contribution in [1.29, 1.82) is 0 Å². The summed E-state index contributed by atoms with van der Waals surface area (Å²) in [4.78, 5) is 0. The van der Waals surface area contributed by atoms with Crippen molar-refractivity contribution in [3.05, 3.63) is 0 Å². The van der Waals surface area contributed by atoms with Gasteiger partial charge in [-0.05, 0) is 0 Å². The fraction of sp³-hybridized carbons (Fsp3) is 1.00. The molecule has 0 aromatic rings. The number of nitrogens with one attached hydrogen (secondary N) is 1. The first kappa shape index (κ1) is 6.99. The van der Waals surface area contributed by atoms with Crippen LogP contribution in [0, 0.1) is 0 Å². The minimum atomic E-state index is 0.889. The molecule has 2 saturated heterocycles. The monoisotopic (exact) mass is 131 g/mol. The molecule has 0 spiro atoms. The molecule has 2 rings (SSSR count). The Morgan fingerprint density at radius 3 is 1.44 bits per heavy atom. The number of morpholine rings is 1. The zero-order valence-corrected chi connectivity index (χ0v) is 5.56. The van der Waals surface area contributed by atoms with Gasteiger partial charge in [-0.2, -0.15) is 0 Å². The van der Waals surface area contributed by atoms with Crippen LogP contribution in [0.15, 0.2) is 0 Å². The molecule has 0 bridgehead atoms. The van der Waals surface area contributed by atoms with E-state index in [0.717, 1.165) is 39.5 Å². The average molecular weight is 131 g/mol. The van der Waals surface area contributed by atoms with Gasteiger partial charge in [-0.3, -0.25) is 0 Å². The van der Waals surface area contributed by atoms with Crippen molar-refractivity contribution in [2.75, 3.05) is 39.5 Å². The zero-order chi connectivity index (χ0) is 6.36. The summed E-state index contributed by atoms with van der Waals surface area (Å²) in [5, 5.41) is 3.16. The molecular weight excluding hydrogens is 118 g/mol. The molecule has 2 aliphatic rings. The summed E-state index contributed by atoms with van der Waals surface area (Å²) >= 11 is 0. The Hall–Kier alpha value is -0.120. The highest BCUT2D eigenvalue weighted by atomic mass is 16.6. The maximum atomic E-state index is 5.01. The molecule has 0 aromatic carbocycles. The van der Waals surface area contributed by atoms with Crippen LogP contribution >= 0.6 is 0 Å². The molecule has 0 radical (unpaired) electrons. The smallest absolute Gasteiger partial charge is 0.0701 e. The van der Waals surface area contributed by atoms with E-state index in [4.69, 9.17) is 4.74 Å². The van der Waals surface area contributed by atoms with Crippen molar-refractivity contribution >= 4 is 0 Å². The first-order chi connectivity index (χ1) is 4.50. The minimum absolute atomic E-state index is 0.889. The Morgan fingerprint density at radius 2 is 1.33 bits per heavy atom. The molecule has 3 heteroatoms. The van der Waals surface area contributed by atoms with Crippen molar-refractivity contribution in [2.24, 2.45) is 0 Å². The lowest BCUT2D eigenvalue weighted by Crippen LogP contribution is -2.30. The number of hydrogen-bond acceptors (Lipinski definition) is 3. The van der Waals surface area contributed by atoms with Crippen molar-refractivity contribution in [3.8, 4) is 0 Å². The fourth-order valence-electron chi connectivity index (χ4n) is 0.516. The van der Waals surface area contributed by atoms with E-state index in [0.29, 0.717) is 0 Å². The van der Waals surface area contributed by atoms with E-state index in [9.17, 15) is 0 Å². The predicted molar refractivity (Wildman–Crippen MR) is 34.5 cm³/mol. The molecule has 0 atom stereocenters. The summed E-state index contributed by atoms with van der Waals surface area (Å²) in [6, 6.07) is 0. The second-order valence-electron chi connectivity index (χ2n) is 1.97. The number of ether oxygens (including phenoxy) is 2. The molecule has 2 fully saturated rings. The zero-order valence-electron chi connectivity index (χ0n) is 5.56. The largest absolute Gasteiger partial charge is 0.379 e. The highest BCUT2D eigenvalue weighted by Gasteiger charge is 1.94. The quantitative estimate of drug-likeness (QED) is 0.455. The van der Waals surface area contributed by atoms with Crippen molar-refractivity contribution in [1.82, 2.24) is 5.32 Å². The van der Waals surface area contributed by atoms with Crippen LogP contribution in [0.3, 0.4) is 0 Å². The fourth-order valence-corrected chi connectivity index (χ4v) is 0.516. The van der Waals surface area contributed by atoms with Crippen molar-refractivity contribution < 1.29 is 9.47 Å². The Balaban J connectivity index is 0.000000112. The normalized spacial score (nSPS) is 24.0. The molecular formula is C6H13NO2. The van der Waals surface area contributed by atoms with Crippen LogP contribution in [0.5, 0.6) is 0 Å². The van der Waals surface area contributed by atoms with Crippen LogP contribution in [0.2, 0.25) is 0 Å². The lowest BCUT2D eigenvalue weighted by Gasteiger charge is -2.10. The summed E-state index contributed by atoms with van der Waals surface area (Å²) in [6.07, 6.45) is 0. The van der Waals surface area contributed by atoms with Crippen molar-refractivity contribution in [2.45, 2.75) is 0 Å². The van der Waals surface area contributed by atoms with Gasteiger partial charge in [0.15, 0.2) is 0 Å². The first-order valence-electron chi connectivity index (χ1n) is 3.36. The van der Waals surface area contributed by atoms with E-state index < -0.39 is 0 Å². The number of epoxide rings is 1. The van der Waals surface area contributed by atoms with Crippen LogP contribution in [-0.4, -0.2) is 39.5 Å². The summed E-state index contributed by atoms with van der Waals surface area (Å²) in [5.74, 6) is 0. The Kier molecular flexibility index (Phi) is 3.68. The van der Waals surface area contributed by atoms with E-state index in [1.54, 1.807) is 0 Å². The maximum absolute atomic E-state index is 5.01. The maximum Gasteiger partial charge on any atom is 0.0701 e. The number of hydrogen-bond donors (Lipinski definition) is 1. The Morgan fingerprint density at radius 1 is 0.778 bits per heavy atom. The highest BCUT2D eigenvalue weighted by Crippen LogP contribution is 1.84. The van der Waals surface area contributed by atoms with Crippen LogP contribution in [0.1, 0.15) is 0 Å². The molecule has 0 amide bonds. The van der Waals surface area contributed by atoms with Crippen LogP contribution in [0.4, 0.5) is 0 Å². The lowest BCUT2D eigenvalue weighted by atomic mass is 10.5. The minimum Gasteiger partial charge on any atom is -0.379 e. The van der Waals surface area contributed by atoms with Gasteiger partial charge in [0, 0.05) is 13.1 Å². The van der Waals surface area contributed by atoms with Gasteiger partial charge in [0.05, 0.1) is 26.4 Å². The van der Waals surface area contributed by atoms with Gasteiger partial charge in [-0.15, -0.1) is 0 Å². The van der Waals surface area contributed by atoms with Gasteiger partial charge >= 0.3 is 0 Å². The third-order valence-electron chi connectivity index (χ3n) is 1.05. The van der Waals surface area contributed by atoms with Crippen LogP contribution < -0.4 is 5.32 Å². The molecule has 9 heavy (non-hydrogen) atoms. The lowest BCUT2D eigenvalue weighted by molar-refractivity contribution is 0.109. The Labute approximate surface area is 55.3 Å². The molecule has 2 aliphatic heterocycles. The molecule has 54 valence electrons. The molecule has 0 saturated carbocycles. The second kappa shape index (κ2) is 4.73. The predicted octanol–water partition coefficient (Wildman–Crippen LogP) is -0.377. The molecule has 2 heterocycles. The third-order valence-corrected chi connectivity index (χ3v) is 1.05. The Bertz CT molecular complexity index is 47.8. The van der Waals surface area contributed by atoms with Gasteiger partial charge in [-0.25, -0.2) is 0 Å². The van der Waals surface area contributed by atoms with Gasteiger partial charge in [-0.1, -0.05) is 0 Å². The van der Waals surface area contributed by atoms with E-state index in [1.165, 1.54) is 0 Å². The van der Waals surface area contributed by atoms with Gasteiger partial charge < -0.3 is 14.8 Å². The standard InChI is InChI=1S/C4H9NO.C2H4O/c1-3-6-4-2-5-1;1-2-3-1/h5H,1-4H2;1-2H2.